The van der Waals surface area contributed by atoms with Crippen molar-refractivity contribution in [3.8, 4) is 0 Å². The van der Waals surface area contributed by atoms with Crippen LogP contribution in [0.2, 0.25) is 0 Å². The molecule has 0 aromatic heterocycles. The Hall–Kier alpha value is -2.20. The van der Waals surface area contributed by atoms with E-state index >= 15 is 0 Å². The first-order chi connectivity index (χ1) is 14.0. The van der Waals surface area contributed by atoms with Crippen molar-refractivity contribution in [1.82, 2.24) is 4.90 Å². The number of amidine groups is 1. The molecule has 0 unspecified atom stereocenters. The molecule has 0 saturated carbocycles. The smallest absolute Gasteiger partial charge is 0.132 e. The van der Waals surface area contributed by atoms with Gasteiger partial charge >= 0.3 is 0 Å². The van der Waals surface area contributed by atoms with Crippen LogP contribution in [0.1, 0.15) is 57.2 Å². The van der Waals surface area contributed by atoms with Crippen LogP contribution < -0.4 is 0 Å². The highest BCUT2D eigenvalue weighted by Gasteiger charge is 2.33. The van der Waals surface area contributed by atoms with Gasteiger partial charge in [-0.15, -0.1) is 0 Å². The van der Waals surface area contributed by atoms with Crippen LogP contribution >= 0.6 is 0 Å². The lowest BCUT2D eigenvalue weighted by Crippen LogP contribution is -2.45. The van der Waals surface area contributed by atoms with Gasteiger partial charge in [0.05, 0.1) is 18.7 Å². The first-order valence-corrected chi connectivity index (χ1v) is 10.7. The van der Waals surface area contributed by atoms with E-state index in [-0.39, 0.29) is 17.9 Å². The molecule has 156 valence electrons. The summed E-state index contributed by atoms with van der Waals surface area (Å²) in [5.74, 6) is 1.20. The van der Waals surface area contributed by atoms with Gasteiger partial charge in [0.25, 0.3) is 0 Å². The molecule has 3 nitrogen and oxygen atoms in total. The SMILES string of the molecule is COC[C@@H](N=C(c1ccccc1)N1[C@H](C)CCC[C@@H]1c1ccc(F)cc1)C(C)C. The lowest BCUT2D eigenvalue weighted by molar-refractivity contribution is 0.158. The largest absolute Gasteiger partial charge is 0.382 e. The van der Waals surface area contributed by atoms with E-state index < -0.39 is 0 Å². The van der Waals surface area contributed by atoms with Crippen LogP contribution in [0.4, 0.5) is 4.39 Å². The number of piperidine rings is 1. The Morgan fingerprint density at radius 2 is 1.79 bits per heavy atom. The van der Waals surface area contributed by atoms with E-state index in [1.807, 2.05) is 18.2 Å². The number of rotatable bonds is 6. The summed E-state index contributed by atoms with van der Waals surface area (Å²) in [7, 11) is 1.73. The first-order valence-electron chi connectivity index (χ1n) is 10.7. The zero-order chi connectivity index (χ0) is 20.8. The van der Waals surface area contributed by atoms with E-state index in [1.165, 1.54) is 0 Å². The van der Waals surface area contributed by atoms with Crippen molar-refractivity contribution in [3.05, 3.63) is 71.5 Å². The van der Waals surface area contributed by atoms with Crippen molar-refractivity contribution in [3.63, 3.8) is 0 Å². The summed E-state index contributed by atoms with van der Waals surface area (Å²) in [6, 6.07) is 18.0. The van der Waals surface area contributed by atoms with Crippen molar-refractivity contribution < 1.29 is 9.13 Å². The molecule has 0 amide bonds. The lowest BCUT2D eigenvalue weighted by atomic mass is 9.90. The summed E-state index contributed by atoms with van der Waals surface area (Å²) in [6.45, 7) is 7.24. The number of aliphatic imine (C=N–C) groups is 1. The molecule has 0 N–H and O–H groups in total. The fourth-order valence-corrected chi connectivity index (χ4v) is 4.14. The minimum Gasteiger partial charge on any atom is -0.382 e. The minimum absolute atomic E-state index is 0.0817. The van der Waals surface area contributed by atoms with Crippen molar-refractivity contribution >= 4 is 5.84 Å². The third-order valence-corrected chi connectivity index (χ3v) is 5.84. The quantitative estimate of drug-likeness (QED) is 0.451. The third kappa shape index (κ3) is 5.24. The summed E-state index contributed by atoms with van der Waals surface area (Å²) in [6.07, 6.45) is 3.33. The van der Waals surface area contributed by atoms with E-state index in [1.54, 1.807) is 19.2 Å². The van der Waals surface area contributed by atoms with Gasteiger partial charge in [-0.25, -0.2) is 4.39 Å². The van der Waals surface area contributed by atoms with Gasteiger partial charge in [-0.3, -0.25) is 4.99 Å². The van der Waals surface area contributed by atoms with Gasteiger partial charge in [-0.05, 0) is 49.8 Å². The number of halogens is 1. The van der Waals surface area contributed by atoms with Crippen molar-refractivity contribution in [2.75, 3.05) is 13.7 Å². The maximum absolute atomic E-state index is 13.5. The number of ether oxygens (including phenoxy) is 1. The molecule has 29 heavy (non-hydrogen) atoms. The van der Waals surface area contributed by atoms with Gasteiger partial charge in [-0.2, -0.15) is 0 Å². The molecule has 3 rings (SSSR count). The zero-order valence-electron chi connectivity index (χ0n) is 18.0. The van der Waals surface area contributed by atoms with Crippen LogP contribution in [0.25, 0.3) is 0 Å². The van der Waals surface area contributed by atoms with Gasteiger partial charge in [0.15, 0.2) is 0 Å². The van der Waals surface area contributed by atoms with Crippen molar-refractivity contribution in [2.24, 2.45) is 10.9 Å². The second-order valence-electron chi connectivity index (χ2n) is 8.34. The van der Waals surface area contributed by atoms with Crippen LogP contribution in [0.5, 0.6) is 0 Å². The van der Waals surface area contributed by atoms with Crippen LogP contribution in [0.15, 0.2) is 59.6 Å². The molecule has 1 heterocycles. The molecule has 2 aromatic rings. The fraction of sp³-hybridized carbons (Fsp3) is 0.480. The molecule has 1 aliphatic heterocycles. The topological polar surface area (TPSA) is 24.8 Å². The summed E-state index contributed by atoms with van der Waals surface area (Å²) in [4.78, 5) is 7.70. The Labute approximate surface area is 174 Å². The third-order valence-electron chi connectivity index (χ3n) is 5.84. The molecule has 1 fully saturated rings. The number of hydrogen-bond acceptors (Lipinski definition) is 2. The van der Waals surface area contributed by atoms with Gasteiger partial charge in [0.2, 0.25) is 0 Å². The number of hydrogen-bond donors (Lipinski definition) is 0. The number of methoxy groups -OCH3 is 1. The normalized spacial score (nSPS) is 21.4. The Morgan fingerprint density at radius 1 is 1.10 bits per heavy atom. The van der Waals surface area contributed by atoms with E-state index in [4.69, 9.17) is 9.73 Å². The average molecular weight is 397 g/mol. The van der Waals surface area contributed by atoms with Crippen LogP contribution in [-0.2, 0) is 4.74 Å². The van der Waals surface area contributed by atoms with E-state index in [0.29, 0.717) is 18.6 Å². The van der Waals surface area contributed by atoms with Gasteiger partial charge < -0.3 is 9.64 Å². The molecule has 4 heteroatoms. The molecule has 0 spiro atoms. The Bertz CT molecular complexity index is 788. The van der Waals surface area contributed by atoms with E-state index in [0.717, 1.165) is 36.2 Å². The molecule has 1 aliphatic rings. The summed E-state index contributed by atoms with van der Waals surface area (Å²) >= 11 is 0. The highest BCUT2D eigenvalue weighted by atomic mass is 19.1. The molecule has 2 aromatic carbocycles. The van der Waals surface area contributed by atoms with Gasteiger partial charge in [0.1, 0.15) is 11.7 Å². The first kappa shape index (κ1) is 21.5. The molecule has 0 bridgehead atoms. The highest BCUT2D eigenvalue weighted by molar-refractivity contribution is 5.99. The summed E-state index contributed by atoms with van der Waals surface area (Å²) < 4.78 is 19.0. The highest BCUT2D eigenvalue weighted by Crippen LogP contribution is 2.36. The maximum atomic E-state index is 13.5. The summed E-state index contributed by atoms with van der Waals surface area (Å²) in [5, 5.41) is 0. The second kappa shape index (κ2) is 10.0. The molecular weight excluding hydrogens is 363 g/mol. The van der Waals surface area contributed by atoms with Crippen LogP contribution in [-0.4, -0.2) is 36.5 Å². The molecule has 3 atom stereocenters. The lowest BCUT2D eigenvalue weighted by Gasteiger charge is -2.44. The second-order valence-corrected chi connectivity index (χ2v) is 8.34. The van der Waals surface area contributed by atoms with Crippen LogP contribution in [0, 0.1) is 11.7 Å². The number of nitrogens with zero attached hydrogens (tertiary/aromatic N) is 2. The van der Waals surface area contributed by atoms with Gasteiger partial charge in [-0.1, -0.05) is 56.3 Å². The average Bonchev–Trinajstić information content (AvgIpc) is 2.72. The van der Waals surface area contributed by atoms with Crippen molar-refractivity contribution in [1.29, 1.82) is 0 Å². The Kier molecular flexibility index (Phi) is 7.43. The molecule has 1 saturated heterocycles. The standard InChI is InChI=1S/C25H33FN2O/c1-18(2)23(17-29-4)27-25(21-10-6-5-7-11-21)28-19(3)9-8-12-24(28)20-13-15-22(26)16-14-20/h5-7,10-11,13-16,18-19,23-24H,8-9,12,17H2,1-4H3/t19-,23-,24-/m1/s1. The maximum Gasteiger partial charge on any atom is 0.132 e. The van der Waals surface area contributed by atoms with Gasteiger partial charge in [0, 0.05) is 18.7 Å². The number of benzene rings is 2. The predicted molar refractivity (Wildman–Crippen MR) is 118 cm³/mol. The monoisotopic (exact) mass is 396 g/mol. The molecule has 0 aliphatic carbocycles. The van der Waals surface area contributed by atoms with Crippen LogP contribution in [0.3, 0.4) is 0 Å². The van der Waals surface area contributed by atoms with Crippen molar-refractivity contribution in [2.45, 2.75) is 58.2 Å². The molecule has 0 radical (unpaired) electrons. The predicted octanol–water partition coefficient (Wildman–Crippen LogP) is 5.86. The number of likely N-dealkylation sites (tertiary alicyclic amines) is 1. The van der Waals surface area contributed by atoms with E-state index in [9.17, 15) is 4.39 Å². The summed E-state index contributed by atoms with van der Waals surface area (Å²) in [5.41, 5.74) is 2.27. The molecular formula is C25H33FN2O. The van der Waals surface area contributed by atoms with E-state index in [2.05, 4.69) is 49.9 Å². The fourth-order valence-electron chi connectivity index (χ4n) is 4.14. The minimum atomic E-state index is -0.193. The Balaban J connectivity index is 2.08. The zero-order valence-corrected chi connectivity index (χ0v) is 18.0. The Morgan fingerprint density at radius 3 is 2.41 bits per heavy atom.